The van der Waals surface area contributed by atoms with E-state index in [2.05, 4.69) is 9.97 Å². The highest BCUT2D eigenvalue weighted by Gasteiger charge is 2.12. The summed E-state index contributed by atoms with van der Waals surface area (Å²) in [5, 5.41) is 9.59. The Morgan fingerprint density at radius 2 is 1.71 bits per heavy atom. The van der Waals surface area contributed by atoms with Crippen LogP contribution in [0.1, 0.15) is 20.8 Å². The van der Waals surface area contributed by atoms with Crippen molar-refractivity contribution in [3.8, 4) is 22.6 Å². The molecule has 2 heterocycles. The number of nitrogens with zero attached hydrogens (tertiary/aromatic N) is 2. The van der Waals surface area contributed by atoms with Gasteiger partial charge in [0, 0.05) is 23.3 Å². The number of carboxylic acids is 1. The van der Waals surface area contributed by atoms with Crippen LogP contribution in [-0.2, 0) is 0 Å². The lowest BCUT2D eigenvalue weighted by Crippen LogP contribution is -2.12. The number of carbonyl (C=O) groups is 2. The van der Waals surface area contributed by atoms with Crippen molar-refractivity contribution in [2.24, 2.45) is 5.73 Å². The summed E-state index contributed by atoms with van der Waals surface area (Å²) in [5.41, 5.74) is 7.13. The number of carboxylic acid groups (broad SMARTS) is 1. The normalized spacial score (nSPS) is 10.4. The van der Waals surface area contributed by atoms with Crippen LogP contribution in [0.4, 0.5) is 4.39 Å². The third-order valence-corrected chi connectivity index (χ3v) is 4.81. The third-order valence-electron chi connectivity index (χ3n) is 4.81. The van der Waals surface area contributed by atoms with Gasteiger partial charge in [0.25, 0.3) is 5.91 Å². The molecule has 0 fully saturated rings. The van der Waals surface area contributed by atoms with E-state index in [-0.39, 0.29) is 42.6 Å². The molecule has 0 aliphatic rings. The van der Waals surface area contributed by atoms with Crippen LogP contribution in [0.15, 0.2) is 67.0 Å². The largest absolute Gasteiger partial charge is 0.490 e. The van der Waals surface area contributed by atoms with E-state index in [0.29, 0.717) is 27.8 Å². The Bertz CT molecular complexity index is 1350. The van der Waals surface area contributed by atoms with E-state index in [1.807, 2.05) is 0 Å². The molecule has 2 aromatic carbocycles. The van der Waals surface area contributed by atoms with Crippen LogP contribution in [0, 0.1) is 5.82 Å². The SMILES string of the molecule is Cl.NC(=O)c1ccc2cncc(-c3ccc(OCCOc4ccc(C(=O)O)cc4)c(F)c3)c2n1. The van der Waals surface area contributed by atoms with Gasteiger partial charge in [-0.05, 0) is 54.1 Å². The average molecular weight is 484 g/mol. The van der Waals surface area contributed by atoms with E-state index in [9.17, 15) is 14.0 Å². The van der Waals surface area contributed by atoms with Gasteiger partial charge in [-0.15, -0.1) is 12.4 Å². The monoisotopic (exact) mass is 483 g/mol. The molecule has 4 rings (SSSR count). The number of pyridine rings is 2. The quantitative estimate of drug-likeness (QED) is 0.361. The van der Waals surface area contributed by atoms with E-state index in [1.54, 1.807) is 24.5 Å². The number of fused-ring (bicyclic) bond motifs is 1. The van der Waals surface area contributed by atoms with Gasteiger partial charge in [0.05, 0.1) is 11.1 Å². The molecule has 3 N–H and O–H groups in total. The predicted molar refractivity (Wildman–Crippen MR) is 125 cm³/mol. The van der Waals surface area contributed by atoms with Crippen molar-refractivity contribution in [3.05, 3.63) is 84.1 Å². The maximum atomic E-state index is 14.7. The molecule has 1 amide bonds. The summed E-state index contributed by atoms with van der Waals surface area (Å²) in [6.45, 7) is 0.219. The zero-order valence-electron chi connectivity index (χ0n) is 17.6. The molecule has 8 nitrogen and oxygen atoms in total. The fraction of sp³-hybridized carbons (Fsp3) is 0.0833. The number of ether oxygens (including phenoxy) is 2. The zero-order chi connectivity index (χ0) is 23.4. The lowest BCUT2D eigenvalue weighted by molar-refractivity contribution is 0.0696. The highest BCUT2D eigenvalue weighted by Crippen LogP contribution is 2.30. The summed E-state index contributed by atoms with van der Waals surface area (Å²) in [4.78, 5) is 30.8. The fourth-order valence-electron chi connectivity index (χ4n) is 3.18. The molecule has 34 heavy (non-hydrogen) atoms. The fourth-order valence-corrected chi connectivity index (χ4v) is 3.18. The molecule has 0 unspecified atom stereocenters. The van der Waals surface area contributed by atoms with E-state index in [4.69, 9.17) is 20.3 Å². The molecule has 0 radical (unpaired) electrons. The minimum atomic E-state index is -1.02. The molecule has 4 aromatic rings. The van der Waals surface area contributed by atoms with Crippen LogP contribution in [0.5, 0.6) is 11.5 Å². The Balaban J connectivity index is 0.00000324. The topological polar surface area (TPSA) is 125 Å². The number of aromatic carboxylic acids is 1. The number of hydrogen-bond acceptors (Lipinski definition) is 6. The van der Waals surface area contributed by atoms with Crippen LogP contribution < -0.4 is 15.2 Å². The number of hydrogen-bond donors (Lipinski definition) is 2. The average Bonchev–Trinajstić information content (AvgIpc) is 2.82. The first-order valence-corrected chi connectivity index (χ1v) is 9.86. The second-order valence-corrected chi connectivity index (χ2v) is 6.99. The molecular formula is C24H19ClFN3O5. The number of primary amides is 1. The van der Waals surface area contributed by atoms with Gasteiger partial charge in [0.15, 0.2) is 11.6 Å². The van der Waals surface area contributed by atoms with Gasteiger partial charge in [0.2, 0.25) is 0 Å². The molecule has 0 spiro atoms. The van der Waals surface area contributed by atoms with E-state index in [1.165, 1.54) is 42.5 Å². The standard InChI is InChI=1S/C24H18FN3O5.ClH/c25-19-11-15(18-13-27-12-16-3-7-20(23(26)29)28-22(16)18)4-8-21(19)33-10-9-32-17-5-1-14(2-6-17)24(30)31;/h1-8,11-13H,9-10H2,(H2,26,29)(H,30,31);1H. The van der Waals surface area contributed by atoms with E-state index < -0.39 is 17.7 Å². The van der Waals surface area contributed by atoms with Gasteiger partial charge in [0.1, 0.15) is 24.7 Å². The molecule has 10 heteroatoms. The number of amides is 1. The number of carbonyl (C=O) groups excluding carboxylic acids is 1. The van der Waals surface area contributed by atoms with Crippen LogP contribution >= 0.6 is 12.4 Å². The van der Waals surface area contributed by atoms with Gasteiger partial charge in [-0.25, -0.2) is 14.2 Å². The molecular weight excluding hydrogens is 465 g/mol. The van der Waals surface area contributed by atoms with Crippen LogP contribution in [0.3, 0.4) is 0 Å². The Morgan fingerprint density at radius 1 is 0.971 bits per heavy atom. The Labute approximate surface area is 199 Å². The van der Waals surface area contributed by atoms with Crippen molar-refractivity contribution in [3.63, 3.8) is 0 Å². The Morgan fingerprint density at radius 3 is 2.38 bits per heavy atom. The lowest BCUT2D eigenvalue weighted by Gasteiger charge is -2.11. The van der Waals surface area contributed by atoms with Crippen molar-refractivity contribution in [1.29, 1.82) is 0 Å². The predicted octanol–water partition coefficient (Wildman–Crippen LogP) is 4.11. The van der Waals surface area contributed by atoms with Gasteiger partial charge >= 0.3 is 5.97 Å². The van der Waals surface area contributed by atoms with Gasteiger partial charge in [-0.3, -0.25) is 9.78 Å². The summed E-state index contributed by atoms with van der Waals surface area (Å²) in [5.74, 6) is -1.74. The number of nitrogens with two attached hydrogens (primary N) is 1. The minimum Gasteiger partial charge on any atom is -0.490 e. The Kier molecular flexibility index (Phi) is 7.60. The van der Waals surface area contributed by atoms with E-state index >= 15 is 0 Å². The first kappa shape index (κ1) is 24.4. The van der Waals surface area contributed by atoms with Crippen molar-refractivity contribution in [2.75, 3.05) is 13.2 Å². The van der Waals surface area contributed by atoms with Crippen LogP contribution in [-0.4, -0.2) is 40.2 Å². The smallest absolute Gasteiger partial charge is 0.335 e. The molecule has 0 saturated heterocycles. The highest BCUT2D eigenvalue weighted by molar-refractivity contribution is 5.97. The van der Waals surface area contributed by atoms with Gasteiger partial charge < -0.3 is 20.3 Å². The first-order valence-electron chi connectivity index (χ1n) is 9.86. The van der Waals surface area contributed by atoms with Crippen molar-refractivity contribution >= 4 is 35.2 Å². The molecule has 0 bridgehead atoms. The summed E-state index contributed by atoms with van der Waals surface area (Å²) in [6.07, 6.45) is 3.14. The molecule has 2 aromatic heterocycles. The second kappa shape index (κ2) is 10.6. The number of benzene rings is 2. The minimum absolute atomic E-state index is 0. The summed E-state index contributed by atoms with van der Waals surface area (Å²) in [7, 11) is 0. The zero-order valence-corrected chi connectivity index (χ0v) is 18.4. The lowest BCUT2D eigenvalue weighted by atomic mass is 10.0. The summed E-state index contributed by atoms with van der Waals surface area (Å²) < 4.78 is 25.6. The Hall–Kier alpha value is -4.24. The summed E-state index contributed by atoms with van der Waals surface area (Å²) >= 11 is 0. The maximum Gasteiger partial charge on any atom is 0.335 e. The molecule has 0 saturated carbocycles. The first-order chi connectivity index (χ1) is 15.9. The van der Waals surface area contributed by atoms with Crippen LogP contribution in [0.25, 0.3) is 22.0 Å². The highest BCUT2D eigenvalue weighted by atomic mass is 35.5. The molecule has 0 atom stereocenters. The van der Waals surface area contributed by atoms with E-state index in [0.717, 1.165) is 0 Å². The van der Waals surface area contributed by atoms with Gasteiger partial charge in [-0.2, -0.15) is 0 Å². The summed E-state index contributed by atoms with van der Waals surface area (Å²) in [6, 6.07) is 13.6. The van der Waals surface area contributed by atoms with Crippen molar-refractivity contribution < 1.29 is 28.6 Å². The molecule has 174 valence electrons. The van der Waals surface area contributed by atoms with Gasteiger partial charge in [-0.1, -0.05) is 6.07 Å². The third kappa shape index (κ3) is 5.38. The number of aromatic nitrogens is 2. The molecule has 0 aliphatic heterocycles. The van der Waals surface area contributed by atoms with Crippen molar-refractivity contribution in [1.82, 2.24) is 9.97 Å². The number of rotatable bonds is 8. The van der Waals surface area contributed by atoms with Crippen LogP contribution in [0.2, 0.25) is 0 Å². The number of halogens is 2. The maximum absolute atomic E-state index is 14.7. The van der Waals surface area contributed by atoms with Crippen molar-refractivity contribution in [2.45, 2.75) is 0 Å². The molecule has 0 aliphatic carbocycles. The second-order valence-electron chi connectivity index (χ2n) is 6.99.